The zero-order valence-corrected chi connectivity index (χ0v) is 16.6. The molecule has 146 valence electrons. The van der Waals surface area contributed by atoms with Crippen LogP contribution in [0.2, 0.25) is 0 Å². The molecule has 0 saturated carbocycles. The van der Waals surface area contributed by atoms with Gasteiger partial charge in [0.25, 0.3) is 0 Å². The van der Waals surface area contributed by atoms with Crippen LogP contribution in [0.25, 0.3) is 0 Å². The van der Waals surface area contributed by atoms with Gasteiger partial charge in [0.2, 0.25) is 15.9 Å². The van der Waals surface area contributed by atoms with Crippen molar-refractivity contribution in [1.82, 2.24) is 14.5 Å². The summed E-state index contributed by atoms with van der Waals surface area (Å²) in [5, 5.41) is 11.8. The summed E-state index contributed by atoms with van der Waals surface area (Å²) in [6.45, 7) is 2.48. The molecule has 1 aromatic rings. The Morgan fingerprint density at radius 1 is 1.26 bits per heavy atom. The Balaban J connectivity index is 1.86. The standard InChI is InChI=1S/C19H26N4O3S/c1-21-19(24)18-13-23(12-17(18)15-6-8-22(2)9-7-15)27(25,26)16-5-3-4-14(10-16)11-20/h3-5,10,15,17-18H,6-9,12-13H2,1-2H3,(H,21,24)/t17-,18+/m0/s1. The molecule has 2 heterocycles. The highest BCUT2D eigenvalue weighted by atomic mass is 32.2. The summed E-state index contributed by atoms with van der Waals surface area (Å²) in [6, 6.07) is 8.04. The van der Waals surface area contributed by atoms with Crippen molar-refractivity contribution in [2.75, 3.05) is 40.3 Å². The quantitative estimate of drug-likeness (QED) is 0.824. The molecule has 0 bridgehead atoms. The fourth-order valence-corrected chi connectivity index (χ4v) is 5.81. The van der Waals surface area contributed by atoms with Crippen LogP contribution in [-0.2, 0) is 14.8 Å². The van der Waals surface area contributed by atoms with Crippen molar-refractivity contribution in [2.45, 2.75) is 17.7 Å². The van der Waals surface area contributed by atoms with E-state index in [0.29, 0.717) is 18.0 Å². The minimum Gasteiger partial charge on any atom is -0.359 e. The Bertz CT molecular complexity index is 841. The van der Waals surface area contributed by atoms with Gasteiger partial charge in [-0.2, -0.15) is 9.57 Å². The number of carbonyl (C=O) groups is 1. The van der Waals surface area contributed by atoms with Crippen molar-refractivity contribution in [3.05, 3.63) is 29.8 Å². The molecule has 1 aromatic carbocycles. The number of sulfonamides is 1. The van der Waals surface area contributed by atoms with Gasteiger partial charge >= 0.3 is 0 Å². The maximum Gasteiger partial charge on any atom is 0.243 e. The lowest BCUT2D eigenvalue weighted by molar-refractivity contribution is -0.125. The monoisotopic (exact) mass is 390 g/mol. The smallest absolute Gasteiger partial charge is 0.243 e. The highest BCUT2D eigenvalue weighted by molar-refractivity contribution is 7.89. The number of likely N-dealkylation sites (tertiary alicyclic amines) is 1. The molecule has 1 amide bonds. The number of nitriles is 1. The molecule has 27 heavy (non-hydrogen) atoms. The van der Waals surface area contributed by atoms with E-state index >= 15 is 0 Å². The minimum atomic E-state index is -3.74. The summed E-state index contributed by atoms with van der Waals surface area (Å²) in [4.78, 5) is 14.8. The predicted molar refractivity (Wildman–Crippen MR) is 101 cm³/mol. The first-order valence-corrected chi connectivity index (χ1v) is 10.7. The number of hydrogen-bond acceptors (Lipinski definition) is 5. The third-order valence-electron chi connectivity index (χ3n) is 5.88. The number of hydrogen-bond donors (Lipinski definition) is 1. The SMILES string of the molecule is CNC(=O)[C@@H]1CN(S(=O)(=O)c2cccc(C#N)c2)C[C@H]1C1CCN(C)CC1. The maximum atomic E-state index is 13.1. The van der Waals surface area contributed by atoms with Crippen LogP contribution in [0, 0.1) is 29.1 Å². The molecule has 2 aliphatic rings. The molecule has 0 unspecified atom stereocenters. The number of piperidine rings is 1. The van der Waals surface area contributed by atoms with Crippen molar-refractivity contribution >= 4 is 15.9 Å². The second kappa shape index (κ2) is 7.97. The summed E-state index contributed by atoms with van der Waals surface area (Å²) in [7, 11) is -0.0543. The van der Waals surface area contributed by atoms with Crippen molar-refractivity contribution in [2.24, 2.45) is 17.8 Å². The molecule has 0 radical (unpaired) electrons. The number of rotatable bonds is 4. The Morgan fingerprint density at radius 3 is 2.59 bits per heavy atom. The molecule has 0 spiro atoms. The van der Waals surface area contributed by atoms with Crippen molar-refractivity contribution in [3.63, 3.8) is 0 Å². The maximum absolute atomic E-state index is 13.1. The van der Waals surface area contributed by atoms with Gasteiger partial charge in [-0.05, 0) is 63.0 Å². The summed E-state index contributed by atoms with van der Waals surface area (Å²) in [5.41, 5.74) is 0.310. The lowest BCUT2D eigenvalue weighted by atomic mass is 9.78. The second-order valence-corrected chi connectivity index (χ2v) is 9.42. The molecule has 2 fully saturated rings. The van der Waals surface area contributed by atoms with E-state index in [0.717, 1.165) is 25.9 Å². The number of carbonyl (C=O) groups excluding carboxylic acids is 1. The fourth-order valence-electron chi connectivity index (χ4n) is 4.26. The summed E-state index contributed by atoms with van der Waals surface area (Å²) in [6.07, 6.45) is 1.96. The van der Waals surface area contributed by atoms with E-state index in [-0.39, 0.29) is 29.2 Å². The van der Waals surface area contributed by atoms with Gasteiger partial charge in [-0.15, -0.1) is 0 Å². The van der Waals surface area contributed by atoms with Crippen molar-refractivity contribution < 1.29 is 13.2 Å². The second-order valence-electron chi connectivity index (χ2n) is 7.49. The highest BCUT2D eigenvalue weighted by Gasteiger charge is 2.45. The van der Waals surface area contributed by atoms with Crippen LogP contribution in [0.15, 0.2) is 29.2 Å². The lowest BCUT2D eigenvalue weighted by Crippen LogP contribution is -2.39. The summed E-state index contributed by atoms with van der Waals surface area (Å²) < 4.78 is 27.7. The van der Waals surface area contributed by atoms with E-state index in [1.165, 1.54) is 16.4 Å². The minimum absolute atomic E-state index is 0.0209. The molecule has 3 rings (SSSR count). The molecule has 8 heteroatoms. The predicted octanol–water partition coefficient (Wildman–Crippen LogP) is 0.883. The first-order valence-electron chi connectivity index (χ1n) is 9.27. The number of nitrogens with one attached hydrogen (secondary N) is 1. The zero-order valence-electron chi connectivity index (χ0n) is 15.8. The van der Waals surface area contributed by atoms with Crippen molar-refractivity contribution in [3.8, 4) is 6.07 Å². The zero-order chi connectivity index (χ0) is 19.6. The third-order valence-corrected chi connectivity index (χ3v) is 7.71. The fraction of sp³-hybridized carbons (Fsp3) is 0.579. The van der Waals surface area contributed by atoms with E-state index < -0.39 is 10.0 Å². The molecule has 2 aliphatic heterocycles. The number of nitrogens with zero attached hydrogens (tertiary/aromatic N) is 3. The summed E-state index contributed by atoms with van der Waals surface area (Å²) in [5.74, 6) is -0.0681. The molecular weight excluding hydrogens is 364 g/mol. The Labute approximate surface area is 161 Å². The van der Waals surface area contributed by atoms with Crippen molar-refractivity contribution in [1.29, 1.82) is 5.26 Å². The van der Waals surface area contributed by atoms with Crippen LogP contribution >= 0.6 is 0 Å². The molecular formula is C19H26N4O3S. The first kappa shape index (κ1) is 19.8. The van der Waals surface area contributed by atoms with Gasteiger partial charge < -0.3 is 10.2 Å². The average molecular weight is 391 g/mol. The molecule has 2 atom stereocenters. The Hall–Kier alpha value is -1.95. The van der Waals surface area contributed by atoms with E-state index in [9.17, 15) is 13.2 Å². The number of benzene rings is 1. The topological polar surface area (TPSA) is 93.5 Å². The highest BCUT2D eigenvalue weighted by Crippen LogP contribution is 2.38. The largest absolute Gasteiger partial charge is 0.359 e. The van der Waals surface area contributed by atoms with Crippen LogP contribution in [0.3, 0.4) is 0 Å². The van der Waals surface area contributed by atoms with Gasteiger partial charge in [-0.3, -0.25) is 4.79 Å². The molecule has 0 aromatic heterocycles. The van der Waals surface area contributed by atoms with Crippen LogP contribution in [0.1, 0.15) is 18.4 Å². The first-order chi connectivity index (χ1) is 12.9. The van der Waals surface area contributed by atoms with Crippen LogP contribution in [0.5, 0.6) is 0 Å². The summed E-state index contributed by atoms with van der Waals surface area (Å²) >= 11 is 0. The molecule has 7 nitrogen and oxygen atoms in total. The van der Waals surface area contributed by atoms with E-state index in [1.807, 2.05) is 6.07 Å². The van der Waals surface area contributed by atoms with Crippen LogP contribution in [0.4, 0.5) is 0 Å². The van der Waals surface area contributed by atoms with Gasteiger partial charge in [-0.1, -0.05) is 6.07 Å². The van der Waals surface area contributed by atoms with Crippen LogP contribution < -0.4 is 5.32 Å². The Kier molecular flexibility index (Phi) is 5.84. The molecule has 0 aliphatic carbocycles. The van der Waals surface area contributed by atoms with Gasteiger partial charge in [0, 0.05) is 20.1 Å². The number of amides is 1. The van der Waals surface area contributed by atoms with Gasteiger partial charge in [0.1, 0.15) is 0 Å². The average Bonchev–Trinajstić information content (AvgIpc) is 3.14. The molecule has 2 saturated heterocycles. The van der Waals surface area contributed by atoms with Crippen LogP contribution in [-0.4, -0.2) is 63.8 Å². The van der Waals surface area contributed by atoms with E-state index in [2.05, 4.69) is 17.3 Å². The third kappa shape index (κ3) is 4.00. The van der Waals surface area contributed by atoms with Gasteiger partial charge in [0.05, 0.1) is 22.4 Å². The van der Waals surface area contributed by atoms with Gasteiger partial charge in [0.15, 0.2) is 0 Å². The molecule has 1 N–H and O–H groups in total. The van der Waals surface area contributed by atoms with E-state index in [1.54, 1.807) is 19.2 Å². The Morgan fingerprint density at radius 2 is 1.96 bits per heavy atom. The van der Waals surface area contributed by atoms with Gasteiger partial charge in [-0.25, -0.2) is 8.42 Å². The normalized spacial score (nSPS) is 25.2. The van der Waals surface area contributed by atoms with E-state index in [4.69, 9.17) is 5.26 Å². The lowest BCUT2D eigenvalue weighted by Gasteiger charge is -2.34.